The van der Waals surface area contributed by atoms with Crippen LogP contribution in [0, 0.1) is 0 Å². The zero-order chi connectivity index (χ0) is 9.68. The Hall–Kier alpha value is 0.394. The van der Waals surface area contributed by atoms with Crippen LogP contribution >= 0.6 is 0 Å². The van der Waals surface area contributed by atoms with E-state index >= 15 is 0 Å². The van der Waals surface area contributed by atoms with E-state index < -0.39 is 0 Å². The quantitative estimate of drug-likeness (QED) is 0.615. The molecule has 13 heavy (non-hydrogen) atoms. The van der Waals surface area contributed by atoms with Gasteiger partial charge in [-0.2, -0.15) is 0 Å². The number of nitrogens with zero attached hydrogens (tertiary/aromatic N) is 1. The van der Waals surface area contributed by atoms with Crippen molar-refractivity contribution in [3.05, 3.63) is 0 Å². The second-order valence-corrected chi connectivity index (χ2v) is 9.61. The summed E-state index contributed by atoms with van der Waals surface area (Å²) in [6.07, 6.45) is 7.34. The van der Waals surface area contributed by atoms with Gasteiger partial charge in [0.2, 0.25) is 0 Å². The first-order valence-electron chi connectivity index (χ1n) is 6.05. The molecule has 78 valence electrons. The molecule has 1 saturated carbocycles. The predicted octanol–water partition coefficient (Wildman–Crippen LogP) is 0.854. The minimum Gasteiger partial charge on any atom is -0.324 e. The van der Waals surface area contributed by atoms with E-state index in [2.05, 4.69) is 18.4 Å². The third kappa shape index (κ3) is 3.22. The van der Waals surface area contributed by atoms with Crippen molar-refractivity contribution in [2.45, 2.75) is 63.7 Å². The van der Waals surface area contributed by atoms with Crippen LogP contribution in [0.2, 0.25) is 5.67 Å². The standard InChI is InChI=1S/C10H25NSi2/c1-3-9(2)11(13-8-12)10-6-4-5-7-10/h9-10H,3-8,13H2,1-2,12H3. The van der Waals surface area contributed by atoms with Crippen molar-refractivity contribution in [2.75, 3.05) is 0 Å². The van der Waals surface area contributed by atoms with Crippen molar-refractivity contribution in [1.29, 1.82) is 0 Å². The molecule has 3 heteroatoms. The first kappa shape index (κ1) is 11.5. The Morgan fingerprint density at radius 1 is 1.46 bits per heavy atom. The van der Waals surface area contributed by atoms with Gasteiger partial charge in [-0.05, 0) is 25.3 Å². The molecule has 0 aromatic heterocycles. The van der Waals surface area contributed by atoms with Crippen LogP contribution in [0.15, 0.2) is 0 Å². The Kier molecular flexibility index (Phi) is 5.28. The Balaban J connectivity index is 2.44. The van der Waals surface area contributed by atoms with E-state index in [1.807, 2.05) is 0 Å². The molecular weight excluding hydrogens is 190 g/mol. The molecule has 0 N–H and O–H groups in total. The summed E-state index contributed by atoms with van der Waals surface area (Å²) in [4.78, 5) is 0. The van der Waals surface area contributed by atoms with Gasteiger partial charge in [-0.15, -0.1) is 0 Å². The fourth-order valence-corrected chi connectivity index (χ4v) is 5.99. The third-order valence-electron chi connectivity index (χ3n) is 3.43. The van der Waals surface area contributed by atoms with Crippen LogP contribution in [0.25, 0.3) is 0 Å². The highest BCUT2D eigenvalue weighted by molar-refractivity contribution is 6.44. The highest BCUT2D eigenvalue weighted by Crippen LogP contribution is 2.25. The van der Waals surface area contributed by atoms with Crippen LogP contribution < -0.4 is 0 Å². The Morgan fingerprint density at radius 2 is 2.08 bits per heavy atom. The lowest BCUT2D eigenvalue weighted by molar-refractivity contribution is 0.263. The molecule has 0 bridgehead atoms. The molecule has 0 radical (unpaired) electrons. The van der Waals surface area contributed by atoms with Crippen molar-refractivity contribution in [3.8, 4) is 0 Å². The van der Waals surface area contributed by atoms with E-state index in [0.29, 0.717) is 0 Å². The average molecular weight is 215 g/mol. The summed E-state index contributed by atoms with van der Waals surface area (Å²) < 4.78 is 2.92. The van der Waals surface area contributed by atoms with Crippen LogP contribution in [0.3, 0.4) is 0 Å². The van der Waals surface area contributed by atoms with E-state index in [1.165, 1.54) is 42.3 Å². The van der Waals surface area contributed by atoms with Crippen LogP contribution in [-0.2, 0) is 0 Å². The molecule has 0 heterocycles. The molecule has 0 aromatic carbocycles. The molecule has 1 atom stereocenters. The topological polar surface area (TPSA) is 3.24 Å². The lowest BCUT2D eigenvalue weighted by Gasteiger charge is -2.34. The maximum atomic E-state index is 2.92. The highest BCUT2D eigenvalue weighted by Gasteiger charge is 2.24. The van der Waals surface area contributed by atoms with Gasteiger partial charge < -0.3 is 4.57 Å². The zero-order valence-electron chi connectivity index (χ0n) is 9.55. The molecule has 0 aliphatic heterocycles. The zero-order valence-corrected chi connectivity index (χ0v) is 13.0. The van der Waals surface area contributed by atoms with Gasteiger partial charge >= 0.3 is 0 Å². The van der Waals surface area contributed by atoms with E-state index in [-0.39, 0.29) is 9.68 Å². The van der Waals surface area contributed by atoms with E-state index in [9.17, 15) is 0 Å². The maximum absolute atomic E-state index is 2.92. The van der Waals surface area contributed by atoms with Crippen molar-refractivity contribution in [2.24, 2.45) is 0 Å². The second kappa shape index (κ2) is 5.99. The van der Waals surface area contributed by atoms with Gasteiger partial charge in [-0.25, -0.2) is 0 Å². The molecule has 0 spiro atoms. The Morgan fingerprint density at radius 3 is 2.54 bits per heavy atom. The van der Waals surface area contributed by atoms with Gasteiger partial charge in [0, 0.05) is 16.3 Å². The summed E-state index contributed by atoms with van der Waals surface area (Å²) in [5.74, 6) is 0. The molecule has 1 rings (SSSR count). The van der Waals surface area contributed by atoms with Crippen molar-refractivity contribution in [3.63, 3.8) is 0 Å². The summed E-state index contributed by atoms with van der Waals surface area (Å²) >= 11 is 0. The lowest BCUT2D eigenvalue weighted by Crippen LogP contribution is -2.42. The summed E-state index contributed by atoms with van der Waals surface area (Å²) in [5, 5.41) is 0. The van der Waals surface area contributed by atoms with E-state index in [0.717, 1.165) is 12.1 Å². The Bertz CT molecular complexity index is 135. The summed E-state index contributed by atoms with van der Waals surface area (Å²) in [6.45, 7) is 4.77. The predicted molar refractivity (Wildman–Crippen MR) is 67.1 cm³/mol. The van der Waals surface area contributed by atoms with Gasteiger partial charge in [-0.3, -0.25) is 0 Å². The first-order valence-corrected chi connectivity index (χ1v) is 9.10. The number of hydrogen-bond donors (Lipinski definition) is 0. The molecule has 1 unspecified atom stereocenters. The van der Waals surface area contributed by atoms with Crippen molar-refractivity contribution in [1.82, 2.24) is 4.57 Å². The van der Waals surface area contributed by atoms with Crippen molar-refractivity contribution >= 4 is 19.9 Å². The monoisotopic (exact) mass is 215 g/mol. The lowest BCUT2D eigenvalue weighted by atomic mass is 10.2. The fraction of sp³-hybridized carbons (Fsp3) is 1.00. The molecule has 0 aromatic rings. The molecule has 0 saturated heterocycles. The fourth-order valence-electron chi connectivity index (χ4n) is 2.49. The largest absolute Gasteiger partial charge is 0.324 e. The van der Waals surface area contributed by atoms with Gasteiger partial charge in [0.05, 0.1) is 9.68 Å². The number of hydrogen-bond acceptors (Lipinski definition) is 1. The molecule has 1 nitrogen and oxygen atoms in total. The maximum Gasteiger partial charge on any atom is 0.0923 e. The summed E-state index contributed by atoms with van der Waals surface area (Å²) in [6, 6.07) is 1.87. The van der Waals surface area contributed by atoms with Gasteiger partial charge in [0.15, 0.2) is 0 Å². The van der Waals surface area contributed by atoms with Gasteiger partial charge in [0.25, 0.3) is 0 Å². The summed E-state index contributed by atoms with van der Waals surface area (Å²) in [5.41, 5.74) is 1.58. The third-order valence-corrected chi connectivity index (χ3v) is 6.88. The van der Waals surface area contributed by atoms with Crippen LogP contribution in [0.4, 0.5) is 0 Å². The Labute approximate surface area is 88.6 Å². The smallest absolute Gasteiger partial charge is 0.0923 e. The molecular formula is C10H25NSi2. The van der Waals surface area contributed by atoms with Crippen molar-refractivity contribution < 1.29 is 0 Å². The van der Waals surface area contributed by atoms with Gasteiger partial charge in [-0.1, -0.05) is 32.4 Å². The molecule has 0 amide bonds. The minimum atomic E-state index is 0.143. The van der Waals surface area contributed by atoms with Gasteiger partial charge in [0.1, 0.15) is 0 Å². The summed E-state index contributed by atoms with van der Waals surface area (Å²) in [7, 11) is 1.57. The minimum absolute atomic E-state index is 0.143. The molecule has 1 aliphatic rings. The van der Waals surface area contributed by atoms with Crippen LogP contribution in [0.5, 0.6) is 0 Å². The number of rotatable bonds is 5. The highest BCUT2D eigenvalue weighted by atomic mass is 28.3. The van der Waals surface area contributed by atoms with Crippen LogP contribution in [-0.4, -0.2) is 36.6 Å². The SMILES string of the molecule is CCC(C)N([SiH2]C[SiH3])C1CCCC1. The molecule has 1 aliphatic carbocycles. The second-order valence-electron chi connectivity index (χ2n) is 4.43. The first-order chi connectivity index (χ1) is 6.29. The van der Waals surface area contributed by atoms with E-state index in [4.69, 9.17) is 0 Å². The molecule has 1 fully saturated rings. The average Bonchev–Trinajstić information content (AvgIpc) is 2.65. The van der Waals surface area contributed by atoms with Crippen LogP contribution in [0.1, 0.15) is 46.0 Å². The van der Waals surface area contributed by atoms with E-state index in [1.54, 1.807) is 5.67 Å². The normalized spacial score (nSPS) is 22.4.